The smallest absolute Gasteiger partial charge is 0.352 e. The first-order valence-electron chi connectivity index (χ1n) is 12.6. The number of nitrogens with one attached hydrogen (secondary N) is 1. The van der Waals surface area contributed by atoms with E-state index < -0.39 is 17.6 Å². The van der Waals surface area contributed by atoms with E-state index in [0.29, 0.717) is 28.5 Å². The van der Waals surface area contributed by atoms with Gasteiger partial charge in [-0.05, 0) is 74.8 Å². The fraction of sp³-hybridized carbons (Fsp3) is 0.276. The minimum absolute atomic E-state index is 0.0527. The Morgan fingerprint density at radius 3 is 2.67 bits per heavy atom. The topological polar surface area (TPSA) is 65.8 Å². The molecule has 2 aromatic heterocycles. The zero-order chi connectivity index (χ0) is 28.6. The lowest BCUT2D eigenvalue weighted by Crippen LogP contribution is -2.50. The van der Waals surface area contributed by atoms with Crippen molar-refractivity contribution in [3.05, 3.63) is 87.7 Å². The van der Waals surface area contributed by atoms with Crippen LogP contribution in [0, 0.1) is 18.8 Å². The van der Waals surface area contributed by atoms with E-state index in [-0.39, 0.29) is 16.3 Å². The molecule has 0 aliphatic carbocycles. The lowest BCUT2D eigenvalue weighted by atomic mass is 10.0. The Labute approximate surface area is 234 Å². The van der Waals surface area contributed by atoms with Crippen LogP contribution in [0.5, 0.6) is 0 Å². The maximum atomic E-state index is 13.2. The number of halogens is 4. The van der Waals surface area contributed by atoms with Crippen molar-refractivity contribution in [1.82, 2.24) is 19.5 Å². The third kappa shape index (κ3) is 5.76. The van der Waals surface area contributed by atoms with Crippen molar-refractivity contribution < 1.29 is 18.0 Å². The molecule has 7 nitrogen and oxygen atoms in total. The van der Waals surface area contributed by atoms with Gasteiger partial charge in [0.1, 0.15) is 11.5 Å². The molecule has 1 unspecified atom stereocenters. The Morgan fingerprint density at radius 2 is 1.93 bits per heavy atom. The number of aromatic nitrogens is 3. The fourth-order valence-electron chi connectivity index (χ4n) is 4.55. The van der Waals surface area contributed by atoms with Gasteiger partial charge in [-0.1, -0.05) is 23.6 Å². The van der Waals surface area contributed by atoms with Crippen LogP contribution in [0.3, 0.4) is 0 Å². The van der Waals surface area contributed by atoms with Crippen LogP contribution in [-0.2, 0) is 6.18 Å². The number of alkyl halides is 3. The summed E-state index contributed by atoms with van der Waals surface area (Å²) in [5.41, 5.74) is 1.71. The first-order chi connectivity index (χ1) is 19.0. The zero-order valence-corrected chi connectivity index (χ0v) is 22.8. The quantitative estimate of drug-likeness (QED) is 0.332. The van der Waals surface area contributed by atoms with E-state index in [2.05, 4.69) is 45.9 Å². The minimum Gasteiger partial charge on any atom is -0.352 e. The van der Waals surface area contributed by atoms with E-state index in [1.165, 1.54) is 6.07 Å². The lowest BCUT2D eigenvalue weighted by molar-refractivity contribution is -0.137. The van der Waals surface area contributed by atoms with E-state index in [9.17, 15) is 18.0 Å². The van der Waals surface area contributed by atoms with Gasteiger partial charge >= 0.3 is 6.18 Å². The van der Waals surface area contributed by atoms with E-state index in [4.69, 9.17) is 16.7 Å². The summed E-state index contributed by atoms with van der Waals surface area (Å²) < 4.78 is 41.2. The third-order valence-corrected chi connectivity index (χ3v) is 7.24. The van der Waals surface area contributed by atoms with Gasteiger partial charge in [-0.15, -0.1) is 5.10 Å². The second-order valence-corrected chi connectivity index (χ2v) is 10.2. The Morgan fingerprint density at radius 1 is 1.12 bits per heavy atom. The molecule has 4 aromatic rings. The van der Waals surface area contributed by atoms with Gasteiger partial charge in [-0.25, -0.2) is 9.50 Å². The number of benzene rings is 2. The average molecular weight is 567 g/mol. The summed E-state index contributed by atoms with van der Waals surface area (Å²) >= 11 is 5.85. The first-order valence-corrected chi connectivity index (χ1v) is 13.0. The van der Waals surface area contributed by atoms with Crippen molar-refractivity contribution in [3.8, 4) is 11.8 Å². The predicted octanol–water partition coefficient (Wildman–Crippen LogP) is 5.50. The molecule has 1 atom stereocenters. The summed E-state index contributed by atoms with van der Waals surface area (Å²) in [4.78, 5) is 21.9. The van der Waals surface area contributed by atoms with E-state index >= 15 is 0 Å². The Balaban J connectivity index is 1.40. The number of piperazine rings is 1. The molecule has 0 saturated carbocycles. The summed E-state index contributed by atoms with van der Waals surface area (Å²) in [6.07, 6.45) is -2.94. The summed E-state index contributed by atoms with van der Waals surface area (Å²) in [6, 6.07) is 12.2. The van der Waals surface area contributed by atoms with Gasteiger partial charge in [-0.2, -0.15) is 13.2 Å². The van der Waals surface area contributed by atoms with Gasteiger partial charge in [0.25, 0.3) is 5.91 Å². The second kappa shape index (κ2) is 10.8. The lowest BCUT2D eigenvalue weighted by Gasteiger charge is -2.38. The molecule has 11 heteroatoms. The van der Waals surface area contributed by atoms with Gasteiger partial charge in [0.15, 0.2) is 5.65 Å². The molecule has 1 fully saturated rings. The standard InChI is InChI=1S/C29H26ClF3N6O/c1-18-17-38(12-11-37(18)3)27-10-9-26-34-16-24(39(26)36-27)8-7-20-5-4-6-25(19(20)2)28(40)35-23-14-21(29(31,32)33)13-22(30)15-23/h4-6,9-10,13-16,18H,11-12,17H2,1-3H3,(H,35,40). The number of amides is 1. The van der Waals surface area contributed by atoms with Crippen molar-refractivity contribution in [2.75, 3.05) is 36.9 Å². The molecule has 1 saturated heterocycles. The van der Waals surface area contributed by atoms with Crippen LogP contribution in [0.15, 0.2) is 54.7 Å². The maximum Gasteiger partial charge on any atom is 0.416 e. The van der Waals surface area contributed by atoms with E-state index in [1.807, 2.05) is 12.1 Å². The molecular weight excluding hydrogens is 541 g/mol. The molecule has 0 bridgehead atoms. The number of rotatable bonds is 3. The number of carbonyl (C=O) groups excluding carboxylic acids is 1. The van der Waals surface area contributed by atoms with Crippen LogP contribution < -0.4 is 10.2 Å². The SMILES string of the molecule is Cc1c(C#Cc2cnc3ccc(N4CCN(C)C(C)C4)nn23)cccc1C(=O)Nc1cc(Cl)cc(C(F)(F)F)c1. The van der Waals surface area contributed by atoms with Gasteiger partial charge in [0, 0.05) is 47.5 Å². The molecule has 0 radical (unpaired) electrons. The highest BCUT2D eigenvalue weighted by atomic mass is 35.5. The Hall–Kier alpha value is -4.07. The highest BCUT2D eigenvalue weighted by Crippen LogP contribution is 2.33. The van der Waals surface area contributed by atoms with Gasteiger partial charge in [0.05, 0.1) is 11.8 Å². The summed E-state index contributed by atoms with van der Waals surface area (Å²) in [7, 11) is 2.11. The molecule has 3 heterocycles. The molecule has 206 valence electrons. The third-order valence-electron chi connectivity index (χ3n) is 7.02. The van der Waals surface area contributed by atoms with Crippen molar-refractivity contribution in [2.45, 2.75) is 26.1 Å². The first kappa shape index (κ1) is 27.5. The Bertz CT molecular complexity index is 1660. The van der Waals surface area contributed by atoms with Crippen LogP contribution in [-0.4, -0.2) is 58.1 Å². The summed E-state index contributed by atoms with van der Waals surface area (Å²) in [5.74, 6) is 6.48. The van der Waals surface area contributed by atoms with Crippen molar-refractivity contribution >= 4 is 34.7 Å². The van der Waals surface area contributed by atoms with Crippen LogP contribution in [0.1, 0.15) is 39.7 Å². The van der Waals surface area contributed by atoms with Gasteiger partial charge in [-0.3, -0.25) is 4.79 Å². The molecule has 1 N–H and O–H groups in total. The largest absolute Gasteiger partial charge is 0.416 e. The second-order valence-electron chi connectivity index (χ2n) is 9.79. The van der Waals surface area contributed by atoms with Crippen LogP contribution in [0.25, 0.3) is 5.65 Å². The average Bonchev–Trinajstić information content (AvgIpc) is 3.31. The summed E-state index contributed by atoms with van der Waals surface area (Å²) in [5, 5.41) is 7.16. The normalized spacial score (nSPS) is 16.1. The molecule has 40 heavy (non-hydrogen) atoms. The molecule has 1 aliphatic heterocycles. The van der Waals surface area contributed by atoms with Crippen molar-refractivity contribution in [2.24, 2.45) is 0 Å². The number of fused-ring (bicyclic) bond motifs is 1. The zero-order valence-electron chi connectivity index (χ0n) is 22.1. The number of hydrogen-bond donors (Lipinski definition) is 1. The fourth-order valence-corrected chi connectivity index (χ4v) is 4.78. The Kier molecular flexibility index (Phi) is 7.45. The maximum absolute atomic E-state index is 13.2. The molecule has 1 aliphatic rings. The molecule has 5 rings (SSSR count). The van der Waals surface area contributed by atoms with Gasteiger partial charge in [0.2, 0.25) is 0 Å². The van der Waals surface area contributed by atoms with E-state index in [0.717, 1.165) is 37.6 Å². The summed E-state index contributed by atoms with van der Waals surface area (Å²) in [6.45, 7) is 6.60. The molecular formula is C29H26ClF3N6O. The molecule has 2 aromatic carbocycles. The number of likely N-dealkylation sites (N-methyl/N-ethyl adjacent to an activating group) is 1. The number of carbonyl (C=O) groups is 1. The van der Waals surface area contributed by atoms with Crippen LogP contribution in [0.2, 0.25) is 5.02 Å². The predicted molar refractivity (Wildman–Crippen MR) is 149 cm³/mol. The van der Waals surface area contributed by atoms with Crippen molar-refractivity contribution in [3.63, 3.8) is 0 Å². The highest BCUT2D eigenvalue weighted by molar-refractivity contribution is 6.31. The number of hydrogen-bond acceptors (Lipinski definition) is 5. The van der Waals surface area contributed by atoms with Gasteiger partial charge < -0.3 is 15.1 Å². The number of anilines is 2. The van der Waals surface area contributed by atoms with Crippen LogP contribution >= 0.6 is 11.6 Å². The molecule has 1 amide bonds. The number of nitrogens with zero attached hydrogens (tertiary/aromatic N) is 5. The highest BCUT2D eigenvalue weighted by Gasteiger charge is 2.31. The minimum atomic E-state index is -4.59. The van der Waals surface area contributed by atoms with Crippen LogP contribution in [0.4, 0.5) is 24.7 Å². The monoisotopic (exact) mass is 566 g/mol. The molecule has 0 spiro atoms. The van der Waals surface area contributed by atoms with E-state index in [1.54, 1.807) is 35.8 Å². The van der Waals surface area contributed by atoms with Crippen molar-refractivity contribution in [1.29, 1.82) is 0 Å². The number of imidazole rings is 1.